The number of aromatic nitrogens is 2. The van der Waals surface area contributed by atoms with Crippen LogP contribution in [-0.4, -0.2) is 26.0 Å². The van der Waals surface area contributed by atoms with Crippen LogP contribution in [0.5, 0.6) is 0 Å². The largest absolute Gasteiger partial charge is 0.477 e. The number of hydrogen-bond donors (Lipinski definition) is 2. The van der Waals surface area contributed by atoms with Crippen molar-refractivity contribution in [1.82, 2.24) is 9.97 Å². The Bertz CT molecular complexity index is 577. The van der Waals surface area contributed by atoms with Crippen molar-refractivity contribution in [2.24, 2.45) is 0 Å². The quantitative estimate of drug-likeness (QED) is 0.619. The maximum atomic E-state index is 10.9. The number of para-hydroxylation sites is 1. The van der Waals surface area contributed by atoms with Gasteiger partial charge in [0.2, 0.25) is 0 Å². The molecule has 7 nitrogen and oxygen atoms in total. The van der Waals surface area contributed by atoms with E-state index in [-0.39, 0.29) is 17.0 Å². The number of carboxylic acid groups (broad SMARTS) is 1. The van der Waals surface area contributed by atoms with Gasteiger partial charge in [0.25, 0.3) is 5.69 Å². The summed E-state index contributed by atoms with van der Waals surface area (Å²) in [5, 5.41) is 19.8. The molecule has 1 aromatic heterocycles. The van der Waals surface area contributed by atoms with Gasteiger partial charge < -0.3 is 10.1 Å². The molecule has 7 heteroatoms. The van der Waals surface area contributed by atoms with Gasteiger partial charge in [0.1, 0.15) is 11.4 Å². The minimum Gasteiger partial charge on any atom is -0.477 e. The maximum Gasteiger partial charge on any atom is 0.342 e. The summed E-state index contributed by atoms with van der Waals surface area (Å²) >= 11 is 0. The molecule has 0 saturated carbocycles. The number of nitrogens with zero attached hydrogens (tertiary/aromatic N) is 2. The van der Waals surface area contributed by atoms with E-state index in [1.807, 2.05) is 0 Å². The molecular weight excluding hydrogens is 226 g/mol. The number of nitro groups is 1. The monoisotopic (exact) mass is 233 g/mol. The molecule has 2 aromatic rings. The number of H-pyrrole nitrogens is 1. The predicted molar refractivity (Wildman–Crippen MR) is 57.6 cm³/mol. The summed E-state index contributed by atoms with van der Waals surface area (Å²) in [7, 11) is 0. The molecule has 1 heterocycles. The van der Waals surface area contributed by atoms with Crippen LogP contribution in [0.15, 0.2) is 30.6 Å². The van der Waals surface area contributed by atoms with Crippen molar-refractivity contribution in [3.8, 4) is 11.4 Å². The van der Waals surface area contributed by atoms with Gasteiger partial charge in [-0.05, 0) is 12.1 Å². The molecule has 86 valence electrons. The Labute approximate surface area is 94.9 Å². The molecule has 1 aromatic carbocycles. The molecule has 17 heavy (non-hydrogen) atoms. The smallest absolute Gasteiger partial charge is 0.342 e. The lowest BCUT2D eigenvalue weighted by atomic mass is 10.1. The first-order valence-electron chi connectivity index (χ1n) is 4.61. The number of hydrogen-bond acceptors (Lipinski definition) is 4. The van der Waals surface area contributed by atoms with Crippen molar-refractivity contribution in [3.05, 3.63) is 46.3 Å². The third kappa shape index (κ3) is 1.85. The van der Waals surface area contributed by atoms with E-state index in [1.54, 1.807) is 0 Å². The fourth-order valence-corrected chi connectivity index (χ4v) is 1.52. The summed E-state index contributed by atoms with van der Waals surface area (Å²) < 4.78 is 0. The van der Waals surface area contributed by atoms with Crippen LogP contribution >= 0.6 is 0 Å². The number of carbonyl (C=O) groups is 1. The van der Waals surface area contributed by atoms with Crippen LogP contribution in [-0.2, 0) is 0 Å². The summed E-state index contributed by atoms with van der Waals surface area (Å²) in [5.41, 5.74) is -0.668. The highest BCUT2D eigenvalue weighted by atomic mass is 16.6. The van der Waals surface area contributed by atoms with Crippen molar-refractivity contribution in [2.45, 2.75) is 0 Å². The van der Waals surface area contributed by atoms with Crippen LogP contribution in [0.4, 0.5) is 5.69 Å². The molecule has 0 unspecified atom stereocenters. The van der Waals surface area contributed by atoms with Gasteiger partial charge in [-0.2, -0.15) is 0 Å². The number of nitrogens with one attached hydrogen (secondary N) is 1. The highest BCUT2D eigenvalue weighted by Gasteiger charge is 2.25. The third-order valence-corrected chi connectivity index (χ3v) is 2.20. The summed E-state index contributed by atoms with van der Waals surface area (Å²) in [6.07, 6.45) is 2.94. The maximum absolute atomic E-state index is 10.9. The third-order valence-electron chi connectivity index (χ3n) is 2.20. The van der Waals surface area contributed by atoms with Crippen molar-refractivity contribution < 1.29 is 14.8 Å². The molecule has 0 aliphatic carbocycles. The van der Waals surface area contributed by atoms with Gasteiger partial charge in [-0.1, -0.05) is 6.07 Å². The molecule has 0 saturated heterocycles. The number of aromatic carboxylic acids is 1. The van der Waals surface area contributed by atoms with Crippen LogP contribution in [0.25, 0.3) is 11.4 Å². The summed E-state index contributed by atoms with van der Waals surface area (Å²) in [6, 6.07) is 4.07. The average Bonchev–Trinajstić information content (AvgIpc) is 2.81. The van der Waals surface area contributed by atoms with E-state index in [1.165, 1.54) is 30.6 Å². The van der Waals surface area contributed by atoms with Crippen molar-refractivity contribution >= 4 is 11.7 Å². The Morgan fingerprint density at radius 3 is 2.76 bits per heavy atom. The number of benzene rings is 1. The molecule has 0 spiro atoms. The molecule has 2 rings (SSSR count). The molecule has 0 fully saturated rings. The highest BCUT2D eigenvalue weighted by Crippen LogP contribution is 2.30. The second-order valence-electron chi connectivity index (χ2n) is 3.20. The van der Waals surface area contributed by atoms with Gasteiger partial charge in [0.15, 0.2) is 0 Å². The number of carboxylic acids is 1. The first kappa shape index (κ1) is 10.8. The lowest BCUT2D eigenvalue weighted by molar-refractivity contribution is -0.384. The van der Waals surface area contributed by atoms with Crippen LogP contribution in [0, 0.1) is 10.1 Å². The van der Waals surface area contributed by atoms with E-state index in [4.69, 9.17) is 5.11 Å². The average molecular weight is 233 g/mol. The normalized spacial score (nSPS) is 10.1. The van der Waals surface area contributed by atoms with Crippen LogP contribution in [0.1, 0.15) is 10.4 Å². The molecule has 0 atom stereocenters. The highest BCUT2D eigenvalue weighted by molar-refractivity contribution is 5.95. The van der Waals surface area contributed by atoms with Crippen LogP contribution in [0.3, 0.4) is 0 Å². The van der Waals surface area contributed by atoms with E-state index in [9.17, 15) is 14.9 Å². The van der Waals surface area contributed by atoms with E-state index in [0.29, 0.717) is 0 Å². The lowest BCUT2D eigenvalue weighted by Crippen LogP contribution is -2.04. The summed E-state index contributed by atoms with van der Waals surface area (Å²) in [4.78, 5) is 27.7. The molecule has 0 radical (unpaired) electrons. The molecular formula is C10H7N3O4. The molecule has 0 aliphatic rings. The summed E-state index contributed by atoms with van der Waals surface area (Å²) in [5.74, 6) is -1.08. The topological polar surface area (TPSA) is 109 Å². The lowest BCUT2D eigenvalue weighted by Gasteiger charge is -2.02. The molecule has 0 amide bonds. The van der Waals surface area contributed by atoms with Gasteiger partial charge in [0, 0.05) is 12.4 Å². The zero-order chi connectivity index (χ0) is 12.4. The Morgan fingerprint density at radius 2 is 2.24 bits per heavy atom. The van der Waals surface area contributed by atoms with Gasteiger partial charge in [-0.15, -0.1) is 0 Å². The standard InChI is InChI=1S/C10H7N3O4/c14-10(15)7-3-1-2-6(8(7)13(16)17)9-11-4-5-12-9/h1-5H,(H,11,12)(H,14,15). The zero-order valence-electron chi connectivity index (χ0n) is 8.45. The van der Waals surface area contributed by atoms with E-state index < -0.39 is 16.6 Å². The Kier molecular flexibility index (Phi) is 2.57. The number of imidazole rings is 1. The van der Waals surface area contributed by atoms with Gasteiger partial charge in [-0.25, -0.2) is 9.78 Å². The van der Waals surface area contributed by atoms with Gasteiger partial charge in [0.05, 0.1) is 10.5 Å². The SMILES string of the molecule is O=C(O)c1cccc(-c2ncc[nH]2)c1[N+](=O)[O-]. The van der Waals surface area contributed by atoms with Gasteiger partial charge in [-0.3, -0.25) is 10.1 Å². The molecule has 0 bridgehead atoms. The molecule has 2 N–H and O–H groups in total. The van der Waals surface area contributed by atoms with E-state index in [0.717, 1.165) is 0 Å². The fourth-order valence-electron chi connectivity index (χ4n) is 1.52. The second kappa shape index (κ2) is 4.05. The second-order valence-corrected chi connectivity index (χ2v) is 3.20. The first-order chi connectivity index (χ1) is 8.11. The predicted octanol–water partition coefficient (Wildman–Crippen LogP) is 1.68. The minimum atomic E-state index is -1.34. The van der Waals surface area contributed by atoms with E-state index in [2.05, 4.69) is 9.97 Å². The van der Waals surface area contributed by atoms with Crippen LogP contribution < -0.4 is 0 Å². The number of rotatable bonds is 3. The Hall–Kier alpha value is -2.70. The fraction of sp³-hybridized carbons (Fsp3) is 0. The van der Waals surface area contributed by atoms with Crippen molar-refractivity contribution in [2.75, 3.05) is 0 Å². The van der Waals surface area contributed by atoms with Crippen molar-refractivity contribution in [3.63, 3.8) is 0 Å². The Morgan fingerprint density at radius 1 is 1.47 bits per heavy atom. The number of nitro benzene ring substituents is 1. The first-order valence-corrected chi connectivity index (χ1v) is 4.61. The zero-order valence-corrected chi connectivity index (χ0v) is 8.45. The molecule has 0 aliphatic heterocycles. The van der Waals surface area contributed by atoms with Crippen LogP contribution in [0.2, 0.25) is 0 Å². The summed E-state index contributed by atoms with van der Waals surface area (Å²) in [6.45, 7) is 0. The van der Waals surface area contributed by atoms with E-state index >= 15 is 0 Å². The van der Waals surface area contributed by atoms with Gasteiger partial charge >= 0.3 is 5.97 Å². The Balaban J connectivity index is 2.72. The minimum absolute atomic E-state index is 0.153. The van der Waals surface area contributed by atoms with Crippen molar-refractivity contribution in [1.29, 1.82) is 0 Å². The number of aromatic amines is 1.